The van der Waals surface area contributed by atoms with Crippen LogP contribution in [0, 0.1) is 6.92 Å². The average Bonchev–Trinajstić information content (AvgIpc) is 2.72. The number of amides is 1. The maximum Gasteiger partial charge on any atom is 0.272 e. The predicted molar refractivity (Wildman–Crippen MR) is 78.6 cm³/mol. The Morgan fingerprint density at radius 1 is 1.55 bits per heavy atom. The molecular formula is C13H14N4O2S. The van der Waals surface area contributed by atoms with Gasteiger partial charge in [-0.25, -0.2) is 4.98 Å². The van der Waals surface area contributed by atoms with Crippen LogP contribution in [-0.2, 0) is 4.79 Å². The molecule has 1 aliphatic rings. The number of hydrogen-bond donors (Lipinski definition) is 2. The molecule has 0 aliphatic carbocycles. The van der Waals surface area contributed by atoms with E-state index in [1.54, 1.807) is 13.0 Å². The summed E-state index contributed by atoms with van der Waals surface area (Å²) in [6.07, 6.45) is 1.21. The summed E-state index contributed by atoms with van der Waals surface area (Å²) in [6, 6.07) is 1.15. The lowest BCUT2D eigenvalue weighted by Gasteiger charge is -2.26. The van der Waals surface area contributed by atoms with E-state index in [4.69, 9.17) is 5.73 Å². The molecule has 1 atom stereocenters. The van der Waals surface area contributed by atoms with E-state index in [9.17, 15) is 9.59 Å². The van der Waals surface area contributed by atoms with Gasteiger partial charge in [-0.15, -0.1) is 11.3 Å². The molecule has 3 N–H and O–H groups in total. The van der Waals surface area contributed by atoms with Crippen molar-refractivity contribution in [2.45, 2.75) is 25.8 Å². The molecule has 3 rings (SSSR count). The standard InChI is InChI=1S/C13H14N4O2S/c1-6-3-4-9(12(18)15-6)17-7(2)16-8-5-10(14)20-11(8)13(17)19/h5,9H,1,3-4,14H2,2H3,(H,15,18). The molecule has 20 heavy (non-hydrogen) atoms. The molecule has 2 aromatic heterocycles. The van der Waals surface area contributed by atoms with E-state index in [1.807, 2.05) is 0 Å². The molecule has 1 fully saturated rings. The molecule has 1 aliphatic heterocycles. The number of nitrogens with two attached hydrogens (primary N) is 1. The Bertz CT molecular complexity index is 790. The lowest BCUT2D eigenvalue weighted by molar-refractivity contribution is -0.124. The van der Waals surface area contributed by atoms with E-state index < -0.39 is 6.04 Å². The number of nitrogens with one attached hydrogen (secondary N) is 1. The van der Waals surface area contributed by atoms with E-state index in [2.05, 4.69) is 16.9 Å². The summed E-state index contributed by atoms with van der Waals surface area (Å²) in [5.74, 6) is 0.310. The Kier molecular flexibility index (Phi) is 2.86. The minimum Gasteiger partial charge on any atom is -0.391 e. The molecule has 6 nitrogen and oxygen atoms in total. The van der Waals surface area contributed by atoms with E-state index in [0.717, 1.165) is 0 Å². The van der Waals surface area contributed by atoms with Gasteiger partial charge in [-0.2, -0.15) is 0 Å². The van der Waals surface area contributed by atoms with E-state index in [-0.39, 0.29) is 11.5 Å². The molecule has 0 spiro atoms. The van der Waals surface area contributed by atoms with Crippen molar-refractivity contribution >= 4 is 32.5 Å². The number of allylic oxidation sites excluding steroid dienone is 1. The molecule has 3 heterocycles. The Labute approximate surface area is 118 Å². The summed E-state index contributed by atoms with van der Waals surface area (Å²) in [7, 11) is 0. The number of thiophene rings is 1. The Morgan fingerprint density at radius 3 is 3.00 bits per heavy atom. The van der Waals surface area contributed by atoms with Gasteiger partial charge >= 0.3 is 0 Å². The smallest absolute Gasteiger partial charge is 0.272 e. The number of aryl methyl sites for hydroxylation is 1. The fourth-order valence-corrected chi connectivity index (χ4v) is 3.30. The second-order valence-electron chi connectivity index (χ2n) is 4.84. The first-order valence-electron chi connectivity index (χ1n) is 6.24. The molecule has 1 saturated heterocycles. The number of anilines is 1. The summed E-state index contributed by atoms with van der Waals surface area (Å²) in [6.45, 7) is 5.47. The van der Waals surface area contributed by atoms with Crippen LogP contribution in [0.5, 0.6) is 0 Å². The lowest BCUT2D eigenvalue weighted by atomic mass is 10.0. The van der Waals surface area contributed by atoms with Gasteiger partial charge in [0, 0.05) is 5.70 Å². The maximum atomic E-state index is 12.6. The zero-order valence-corrected chi connectivity index (χ0v) is 11.8. The molecule has 0 radical (unpaired) electrons. The first kappa shape index (κ1) is 12.9. The summed E-state index contributed by atoms with van der Waals surface area (Å²) < 4.78 is 1.95. The van der Waals surface area contributed by atoms with Crippen molar-refractivity contribution in [3.05, 3.63) is 34.5 Å². The number of nitrogen functional groups attached to an aromatic ring is 1. The Balaban J connectivity index is 2.18. The van der Waals surface area contributed by atoms with Crippen molar-refractivity contribution in [3.63, 3.8) is 0 Å². The number of carbonyl (C=O) groups is 1. The van der Waals surface area contributed by atoms with Gasteiger partial charge < -0.3 is 11.1 Å². The van der Waals surface area contributed by atoms with Crippen LogP contribution < -0.4 is 16.6 Å². The van der Waals surface area contributed by atoms with Crippen LogP contribution in [0.25, 0.3) is 10.2 Å². The van der Waals surface area contributed by atoms with Gasteiger partial charge in [0.05, 0.1) is 10.5 Å². The molecule has 7 heteroatoms. The minimum atomic E-state index is -0.534. The first-order valence-corrected chi connectivity index (χ1v) is 7.06. The number of aromatic nitrogens is 2. The largest absolute Gasteiger partial charge is 0.391 e. The van der Waals surface area contributed by atoms with Gasteiger partial charge in [0.15, 0.2) is 0 Å². The van der Waals surface area contributed by atoms with Gasteiger partial charge in [0.25, 0.3) is 5.56 Å². The summed E-state index contributed by atoms with van der Waals surface area (Å²) in [5.41, 5.74) is 6.79. The molecule has 1 amide bonds. The zero-order chi connectivity index (χ0) is 14.4. The Hall–Kier alpha value is -2.15. The zero-order valence-electron chi connectivity index (χ0n) is 11.0. The molecular weight excluding hydrogens is 276 g/mol. The second kappa shape index (κ2) is 4.45. The summed E-state index contributed by atoms with van der Waals surface area (Å²) >= 11 is 1.20. The van der Waals surface area contributed by atoms with Gasteiger partial charge in [0.2, 0.25) is 5.91 Å². The molecule has 2 aromatic rings. The quantitative estimate of drug-likeness (QED) is 0.828. The minimum absolute atomic E-state index is 0.207. The Morgan fingerprint density at radius 2 is 2.30 bits per heavy atom. The SMILES string of the molecule is C=C1CCC(n2c(C)nc3cc(N)sc3c2=O)C(=O)N1. The fraction of sp³-hybridized carbons (Fsp3) is 0.308. The number of piperidine rings is 1. The average molecular weight is 290 g/mol. The topological polar surface area (TPSA) is 90.0 Å². The van der Waals surface area contributed by atoms with Crippen molar-refractivity contribution in [2.75, 3.05) is 5.73 Å². The molecule has 0 aromatic carbocycles. The summed E-state index contributed by atoms with van der Waals surface area (Å²) in [5, 5.41) is 3.24. The third-order valence-corrected chi connectivity index (χ3v) is 4.35. The number of nitrogens with zero attached hydrogens (tertiary/aromatic N) is 2. The number of carbonyl (C=O) groups excluding carboxylic acids is 1. The second-order valence-corrected chi connectivity index (χ2v) is 5.93. The van der Waals surface area contributed by atoms with Crippen LogP contribution in [0.2, 0.25) is 0 Å². The number of rotatable bonds is 1. The van der Waals surface area contributed by atoms with Crippen LogP contribution in [0.1, 0.15) is 24.7 Å². The monoisotopic (exact) mass is 290 g/mol. The van der Waals surface area contributed by atoms with Crippen molar-refractivity contribution < 1.29 is 4.79 Å². The number of fused-ring (bicyclic) bond motifs is 1. The summed E-state index contributed by atoms with van der Waals surface area (Å²) in [4.78, 5) is 29.0. The maximum absolute atomic E-state index is 12.6. The highest BCUT2D eigenvalue weighted by atomic mass is 32.1. The van der Waals surface area contributed by atoms with E-state index in [1.165, 1.54) is 15.9 Å². The lowest BCUT2D eigenvalue weighted by Crippen LogP contribution is -2.41. The van der Waals surface area contributed by atoms with Crippen molar-refractivity contribution in [2.24, 2.45) is 0 Å². The molecule has 0 bridgehead atoms. The third kappa shape index (κ3) is 1.90. The third-order valence-electron chi connectivity index (χ3n) is 3.41. The van der Waals surface area contributed by atoms with Crippen LogP contribution in [0.3, 0.4) is 0 Å². The highest BCUT2D eigenvalue weighted by Gasteiger charge is 2.28. The number of hydrogen-bond acceptors (Lipinski definition) is 5. The predicted octanol–water partition coefficient (Wildman–Crippen LogP) is 1.31. The molecule has 0 saturated carbocycles. The first-order chi connectivity index (χ1) is 9.47. The molecule has 1 unspecified atom stereocenters. The van der Waals surface area contributed by atoms with Crippen LogP contribution >= 0.6 is 11.3 Å². The van der Waals surface area contributed by atoms with Gasteiger partial charge in [-0.05, 0) is 25.8 Å². The highest BCUT2D eigenvalue weighted by Crippen LogP contribution is 2.26. The van der Waals surface area contributed by atoms with E-state index in [0.29, 0.717) is 39.6 Å². The molecule has 104 valence electrons. The highest BCUT2D eigenvalue weighted by molar-refractivity contribution is 7.22. The van der Waals surface area contributed by atoms with Crippen LogP contribution in [0.15, 0.2) is 23.1 Å². The van der Waals surface area contributed by atoms with Gasteiger partial charge in [0.1, 0.15) is 16.6 Å². The van der Waals surface area contributed by atoms with Crippen LogP contribution in [-0.4, -0.2) is 15.5 Å². The van der Waals surface area contributed by atoms with Crippen molar-refractivity contribution in [3.8, 4) is 0 Å². The van der Waals surface area contributed by atoms with Crippen LogP contribution in [0.4, 0.5) is 5.00 Å². The van der Waals surface area contributed by atoms with Crippen molar-refractivity contribution in [1.29, 1.82) is 0 Å². The fourth-order valence-electron chi connectivity index (χ4n) is 2.50. The van der Waals surface area contributed by atoms with Crippen molar-refractivity contribution in [1.82, 2.24) is 14.9 Å². The van der Waals surface area contributed by atoms with E-state index >= 15 is 0 Å². The normalized spacial score (nSPS) is 19.4. The van der Waals surface area contributed by atoms with Gasteiger partial charge in [-0.3, -0.25) is 14.2 Å². The van der Waals surface area contributed by atoms with Gasteiger partial charge in [-0.1, -0.05) is 6.58 Å².